The molecule has 2 heterocycles. The van der Waals surface area contributed by atoms with E-state index >= 15 is 0 Å². The van der Waals surface area contributed by atoms with Gasteiger partial charge in [0.15, 0.2) is 18.0 Å². The molecule has 0 atom stereocenters. The molecule has 0 N–H and O–H groups in total. The molecule has 3 rings (SSSR count). The zero-order valence-electron chi connectivity index (χ0n) is 9.52. The topological polar surface area (TPSA) is 29.9 Å². The number of nitrogens with zero attached hydrogens (tertiary/aromatic N) is 2. The first-order valence-electron chi connectivity index (χ1n) is 5.34. The Labute approximate surface area is 117 Å². The summed E-state index contributed by atoms with van der Waals surface area (Å²) in [5.74, 6) is 0.587. The molecular formula is C13H9BrClN2O+. The van der Waals surface area contributed by atoms with Gasteiger partial charge in [-0.1, -0.05) is 11.6 Å². The fourth-order valence-electron chi connectivity index (χ4n) is 1.82. The molecule has 2 aromatic heterocycles. The molecule has 0 spiro atoms. The summed E-state index contributed by atoms with van der Waals surface area (Å²) >= 11 is 9.39. The van der Waals surface area contributed by atoms with E-state index in [1.807, 2.05) is 36.1 Å². The van der Waals surface area contributed by atoms with Gasteiger partial charge in [0.05, 0.1) is 4.47 Å². The zero-order valence-corrected chi connectivity index (χ0v) is 11.9. The lowest BCUT2D eigenvalue weighted by atomic mass is 10.3. The summed E-state index contributed by atoms with van der Waals surface area (Å²) in [6.07, 6.45) is 3.92. The van der Waals surface area contributed by atoms with Crippen LogP contribution in [0.15, 0.2) is 45.5 Å². The number of hydrogen-bond donors (Lipinski definition) is 0. The maximum atomic E-state index is 5.93. The van der Waals surface area contributed by atoms with Gasteiger partial charge in [0.25, 0.3) is 0 Å². The van der Waals surface area contributed by atoms with Crippen LogP contribution in [0, 0.1) is 0 Å². The maximum Gasteiger partial charge on any atom is 0.233 e. The van der Waals surface area contributed by atoms with Gasteiger partial charge >= 0.3 is 0 Å². The van der Waals surface area contributed by atoms with Crippen molar-refractivity contribution in [3.63, 3.8) is 0 Å². The Kier molecular flexibility index (Phi) is 2.84. The lowest BCUT2D eigenvalue weighted by Crippen LogP contribution is -2.26. The number of aromatic nitrogens is 2. The van der Waals surface area contributed by atoms with Crippen molar-refractivity contribution in [2.75, 3.05) is 0 Å². The molecule has 0 aliphatic carbocycles. The standard InChI is InChI=1S/C13H9BrClN2O/c1-17-6-8(4-9(14)7-17)13-16-11-5-10(15)2-3-12(11)18-13/h2-7H,1H3/q+1. The fraction of sp³-hybridized carbons (Fsp3) is 0.0769. The Morgan fingerprint density at radius 2 is 2.11 bits per heavy atom. The largest absolute Gasteiger partial charge is 0.436 e. The number of oxazole rings is 1. The highest BCUT2D eigenvalue weighted by Gasteiger charge is 2.12. The van der Waals surface area contributed by atoms with Crippen molar-refractivity contribution in [1.29, 1.82) is 0 Å². The van der Waals surface area contributed by atoms with Crippen molar-refractivity contribution in [1.82, 2.24) is 4.98 Å². The molecule has 0 aliphatic rings. The third kappa shape index (κ3) is 2.13. The van der Waals surface area contributed by atoms with Crippen molar-refractivity contribution >= 4 is 38.6 Å². The second-order valence-electron chi connectivity index (χ2n) is 4.04. The van der Waals surface area contributed by atoms with Gasteiger partial charge in [-0.3, -0.25) is 0 Å². The van der Waals surface area contributed by atoms with Crippen LogP contribution in [0.2, 0.25) is 5.02 Å². The molecule has 3 aromatic rings. The van der Waals surface area contributed by atoms with Crippen molar-refractivity contribution in [3.8, 4) is 11.5 Å². The number of pyridine rings is 1. The number of aryl methyl sites for hydroxylation is 1. The summed E-state index contributed by atoms with van der Waals surface area (Å²) in [5.41, 5.74) is 2.41. The van der Waals surface area contributed by atoms with E-state index in [-0.39, 0.29) is 0 Å². The van der Waals surface area contributed by atoms with E-state index in [1.165, 1.54) is 0 Å². The van der Waals surface area contributed by atoms with Crippen molar-refractivity contribution in [2.24, 2.45) is 7.05 Å². The minimum absolute atomic E-state index is 0.587. The van der Waals surface area contributed by atoms with E-state index in [2.05, 4.69) is 20.9 Å². The first kappa shape index (κ1) is 11.7. The SMILES string of the molecule is C[n+]1cc(Br)cc(-c2nc3cc(Cl)ccc3o2)c1. The molecule has 0 saturated carbocycles. The van der Waals surface area contributed by atoms with Crippen molar-refractivity contribution < 1.29 is 8.98 Å². The number of benzene rings is 1. The Morgan fingerprint density at radius 1 is 1.28 bits per heavy atom. The zero-order chi connectivity index (χ0) is 12.7. The lowest BCUT2D eigenvalue weighted by molar-refractivity contribution is -0.671. The third-order valence-electron chi connectivity index (χ3n) is 2.56. The monoisotopic (exact) mass is 323 g/mol. The van der Waals surface area contributed by atoms with Gasteiger partial charge < -0.3 is 4.42 Å². The molecule has 0 amide bonds. The van der Waals surface area contributed by atoms with Crippen LogP contribution in [0.5, 0.6) is 0 Å². The molecule has 0 radical (unpaired) electrons. The Morgan fingerprint density at radius 3 is 2.89 bits per heavy atom. The summed E-state index contributed by atoms with van der Waals surface area (Å²) < 4.78 is 8.64. The Bertz CT molecular complexity index is 719. The molecule has 0 unspecified atom stereocenters. The molecular weight excluding hydrogens is 316 g/mol. The molecule has 1 aromatic carbocycles. The fourth-order valence-corrected chi connectivity index (χ4v) is 2.55. The predicted octanol–water partition coefficient (Wildman–Crippen LogP) is 3.74. The molecule has 18 heavy (non-hydrogen) atoms. The second kappa shape index (κ2) is 4.37. The summed E-state index contributed by atoms with van der Waals surface area (Å²) in [5, 5.41) is 0.655. The number of rotatable bonds is 1. The van der Waals surface area contributed by atoms with Crippen LogP contribution < -0.4 is 4.57 Å². The van der Waals surface area contributed by atoms with Crippen LogP contribution >= 0.6 is 27.5 Å². The smallest absolute Gasteiger partial charge is 0.233 e. The van der Waals surface area contributed by atoms with Crippen LogP contribution in [-0.2, 0) is 7.05 Å². The van der Waals surface area contributed by atoms with E-state index in [9.17, 15) is 0 Å². The number of halogens is 2. The van der Waals surface area contributed by atoms with E-state index in [4.69, 9.17) is 16.0 Å². The Hall–Kier alpha value is -1.39. The van der Waals surface area contributed by atoms with E-state index in [0.717, 1.165) is 21.1 Å². The predicted molar refractivity (Wildman–Crippen MR) is 73.3 cm³/mol. The van der Waals surface area contributed by atoms with Crippen LogP contribution in [0.1, 0.15) is 0 Å². The summed E-state index contributed by atoms with van der Waals surface area (Å²) in [4.78, 5) is 4.44. The van der Waals surface area contributed by atoms with Crippen molar-refractivity contribution in [2.45, 2.75) is 0 Å². The lowest BCUT2D eigenvalue weighted by Gasteiger charge is -1.94. The van der Waals surface area contributed by atoms with Gasteiger partial charge in [0, 0.05) is 5.02 Å². The molecule has 0 saturated heterocycles. The molecule has 0 bridgehead atoms. The molecule has 0 fully saturated rings. The molecule has 5 heteroatoms. The van der Waals surface area contributed by atoms with Gasteiger partial charge in [-0.05, 0) is 40.2 Å². The maximum absolute atomic E-state index is 5.93. The normalized spacial score (nSPS) is 11.1. The van der Waals surface area contributed by atoms with Crippen LogP contribution in [0.3, 0.4) is 0 Å². The minimum atomic E-state index is 0.587. The highest BCUT2D eigenvalue weighted by atomic mass is 79.9. The summed E-state index contributed by atoms with van der Waals surface area (Å²) in [6, 6.07) is 7.38. The van der Waals surface area contributed by atoms with Gasteiger partial charge in [-0.2, -0.15) is 0 Å². The van der Waals surface area contributed by atoms with E-state index < -0.39 is 0 Å². The highest BCUT2D eigenvalue weighted by molar-refractivity contribution is 9.10. The average molecular weight is 325 g/mol. The summed E-state index contributed by atoms with van der Waals surface area (Å²) in [7, 11) is 1.95. The van der Waals surface area contributed by atoms with E-state index in [0.29, 0.717) is 10.9 Å². The first-order valence-corrected chi connectivity index (χ1v) is 6.51. The third-order valence-corrected chi connectivity index (χ3v) is 3.23. The first-order chi connectivity index (χ1) is 8.61. The highest BCUT2D eigenvalue weighted by Crippen LogP contribution is 2.26. The van der Waals surface area contributed by atoms with Gasteiger partial charge in [-0.15, -0.1) is 0 Å². The van der Waals surface area contributed by atoms with Crippen LogP contribution in [0.25, 0.3) is 22.6 Å². The number of fused-ring (bicyclic) bond motifs is 1. The van der Waals surface area contributed by atoms with Gasteiger partial charge in [0.1, 0.15) is 18.1 Å². The molecule has 90 valence electrons. The van der Waals surface area contributed by atoms with Crippen molar-refractivity contribution in [3.05, 3.63) is 46.2 Å². The molecule has 3 nitrogen and oxygen atoms in total. The minimum Gasteiger partial charge on any atom is -0.436 e. The molecule has 0 aliphatic heterocycles. The quantitative estimate of drug-likeness (QED) is 0.638. The average Bonchev–Trinajstić information content (AvgIpc) is 2.70. The van der Waals surface area contributed by atoms with Crippen LogP contribution in [-0.4, -0.2) is 4.98 Å². The summed E-state index contributed by atoms with van der Waals surface area (Å²) in [6.45, 7) is 0. The van der Waals surface area contributed by atoms with E-state index in [1.54, 1.807) is 12.1 Å². The van der Waals surface area contributed by atoms with Gasteiger partial charge in [-0.25, -0.2) is 9.55 Å². The van der Waals surface area contributed by atoms with Crippen LogP contribution in [0.4, 0.5) is 0 Å². The Balaban J connectivity index is 2.19. The van der Waals surface area contributed by atoms with Gasteiger partial charge in [0.2, 0.25) is 5.89 Å². The number of hydrogen-bond acceptors (Lipinski definition) is 2. The second-order valence-corrected chi connectivity index (χ2v) is 5.39.